The van der Waals surface area contributed by atoms with Gasteiger partial charge in [-0.25, -0.2) is 13.4 Å². The fraction of sp³-hybridized carbons (Fsp3) is 0.458. The van der Waals surface area contributed by atoms with E-state index in [0.29, 0.717) is 60.5 Å². The van der Waals surface area contributed by atoms with Gasteiger partial charge in [-0.05, 0) is 60.6 Å². The molecule has 2 aliphatic rings. The molecule has 3 aromatic rings. The van der Waals surface area contributed by atoms with Crippen LogP contribution in [0.5, 0.6) is 0 Å². The van der Waals surface area contributed by atoms with E-state index in [2.05, 4.69) is 15.1 Å². The van der Waals surface area contributed by atoms with E-state index in [9.17, 15) is 26.7 Å². The maximum Gasteiger partial charge on any atom is 0.417 e. The third-order valence-electron chi connectivity index (χ3n) is 6.92. The maximum absolute atomic E-state index is 12.8. The van der Waals surface area contributed by atoms with Crippen LogP contribution in [0.25, 0.3) is 11.5 Å². The van der Waals surface area contributed by atoms with Crippen LogP contribution in [0.4, 0.5) is 19.0 Å². The van der Waals surface area contributed by atoms with Gasteiger partial charge in [0.15, 0.2) is 5.82 Å². The Morgan fingerprint density at radius 1 is 1.14 bits per heavy atom. The number of fused-ring (bicyclic) bond motifs is 1. The highest BCUT2D eigenvalue weighted by atomic mass is 32.2. The molecular weight excluding hydrogens is 511 g/mol. The molecule has 0 radical (unpaired) electrons. The summed E-state index contributed by atoms with van der Waals surface area (Å²) >= 11 is 0. The lowest BCUT2D eigenvalue weighted by atomic mass is 9.93. The first kappa shape index (κ1) is 25.6. The number of sulfonamides is 1. The number of alkyl halides is 3. The molecule has 198 valence electrons. The van der Waals surface area contributed by atoms with Crippen LogP contribution in [0.3, 0.4) is 0 Å². The molecular formula is C24H26F3N5O4S. The number of piperidine rings is 1. The normalized spacial score (nSPS) is 19.7. The molecule has 13 heteroatoms. The first-order chi connectivity index (χ1) is 17.5. The average Bonchev–Trinajstić information content (AvgIpc) is 3.32. The van der Waals surface area contributed by atoms with Gasteiger partial charge < -0.3 is 14.5 Å². The molecule has 0 bridgehead atoms. The highest BCUT2D eigenvalue weighted by Gasteiger charge is 2.33. The standard InChI is InChI=1S/C24H26F3N5O4S/c1-37(34,35)32-11-8-16-13-17(2-4-19(16)23(32)33)22-29-20(30-36-22)12-15-6-9-31(10-7-15)21-5-3-18(14-28-21)24(25,26)27/h2-5,13-15,23,33H,6-12H2,1H3. The van der Waals surface area contributed by atoms with Crippen LogP contribution >= 0.6 is 0 Å². The second kappa shape index (κ2) is 9.69. The van der Waals surface area contributed by atoms with Crippen LogP contribution in [-0.4, -0.2) is 58.8 Å². The Morgan fingerprint density at radius 2 is 1.89 bits per heavy atom. The van der Waals surface area contributed by atoms with Crippen molar-refractivity contribution < 1.29 is 31.2 Å². The number of aliphatic hydroxyl groups excluding tert-OH is 1. The molecule has 1 aromatic carbocycles. The minimum atomic E-state index is -4.40. The Balaban J connectivity index is 1.20. The lowest BCUT2D eigenvalue weighted by Crippen LogP contribution is -2.39. The molecule has 1 saturated heterocycles. The second-order valence-electron chi connectivity index (χ2n) is 9.46. The van der Waals surface area contributed by atoms with E-state index in [-0.39, 0.29) is 6.54 Å². The summed E-state index contributed by atoms with van der Waals surface area (Å²) in [6.07, 6.45) is -0.973. The summed E-state index contributed by atoms with van der Waals surface area (Å²) in [7, 11) is -3.52. The van der Waals surface area contributed by atoms with Crippen molar-refractivity contribution in [1.82, 2.24) is 19.4 Å². The van der Waals surface area contributed by atoms with Crippen LogP contribution in [0.2, 0.25) is 0 Å². The smallest absolute Gasteiger partial charge is 0.373 e. The molecule has 37 heavy (non-hydrogen) atoms. The number of hydrogen-bond donors (Lipinski definition) is 1. The number of nitrogens with zero attached hydrogens (tertiary/aromatic N) is 5. The molecule has 9 nitrogen and oxygen atoms in total. The first-order valence-corrected chi connectivity index (χ1v) is 13.7. The van der Waals surface area contributed by atoms with Gasteiger partial charge in [0.25, 0.3) is 5.89 Å². The lowest BCUT2D eigenvalue weighted by molar-refractivity contribution is -0.137. The number of aromatic nitrogens is 3. The van der Waals surface area contributed by atoms with Crippen molar-refractivity contribution in [3.05, 3.63) is 59.0 Å². The molecule has 2 aromatic heterocycles. The summed E-state index contributed by atoms with van der Waals surface area (Å²) in [5, 5.41) is 14.6. The molecule has 0 aliphatic carbocycles. The molecule has 1 fully saturated rings. The summed E-state index contributed by atoms with van der Waals surface area (Å²) < 4.78 is 68.6. The molecule has 0 spiro atoms. The van der Waals surface area contributed by atoms with E-state index in [0.717, 1.165) is 41.2 Å². The van der Waals surface area contributed by atoms with Crippen molar-refractivity contribution in [2.24, 2.45) is 5.92 Å². The number of pyridine rings is 1. The minimum absolute atomic E-state index is 0.187. The van der Waals surface area contributed by atoms with Crippen LogP contribution < -0.4 is 4.90 Å². The number of hydrogen-bond acceptors (Lipinski definition) is 8. The van der Waals surface area contributed by atoms with Gasteiger partial charge in [0.05, 0.1) is 11.8 Å². The van der Waals surface area contributed by atoms with E-state index in [1.165, 1.54) is 6.07 Å². The number of anilines is 1. The Hall–Kier alpha value is -3.03. The predicted molar refractivity (Wildman–Crippen MR) is 128 cm³/mol. The molecule has 0 saturated carbocycles. The number of benzene rings is 1. The number of halogens is 3. The summed E-state index contributed by atoms with van der Waals surface area (Å²) in [6, 6.07) is 7.70. The van der Waals surface area contributed by atoms with Crippen molar-refractivity contribution in [1.29, 1.82) is 0 Å². The summed E-state index contributed by atoms with van der Waals surface area (Å²) in [5.74, 6) is 1.76. The summed E-state index contributed by atoms with van der Waals surface area (Å²) in [4.78, 5) is 10.5. The Morgan fingerprint density at radius 3 is 2.54 bits per heavy atom. The third kappa shape index (κ3) is 5.48. The monoisotopic (exact) mass is 537 g/mol. The summed E-state index contributed by atoms with van der Waals surface area (Å²) in [5.41, 5.74) is 1.30. The van der Waals surface area contributed by atoms with E-state index >= 15 is 0 Å². The quantitative estimate of drug-likeness (QED) is 0.527. The van der Waals surface area contributed by atoms with Crippen molar-refractivity contribution in [3.8, 4) is 11.5 Å². The van der Waals surface area contributed by atoms with Crippen LogP contribution in [0.1, 0.15) is 41.6 Å². The highest BCUT2D eigenvalue weighted by Crippen LogP contribution is 2.33. The minimum Gasteiger partial charge on any atom is -0.373 e. The van der Waals surface area contributed by atoms with E-state index < -0.39 is 28.0 Å². The molecule has 1 N–H and O–H groups in total. The zero-order valence-electron chi connectivity index (χ0n) is 20.0. The van der Waals surface area contributed by atoms with Gasteiger partial charge in [-0.1, -0.05) is 11.2 Å². The zero-order chi connectivity index (χ0) is 26.4. The summed E-state index contributed by atoms with van der Waals surface area (Å²) in [6.45, 7) is 1.53. The molecule has 1 unspecified atom stereocenters. The molecule has 2 aliphatic heterocycles. The predicted octanol–water partition coefficient (Wildman–Crippen LogP) is 3.42. The van der Waals surface area contributed by atoms with Crippen LogP contribution in [0.15, 0.2) is 41.1 Å². The van der Waals surface area contributed by atoms with Gasteiger partial charge in [-0.15, -0.1) is 0 Å². The molecule has 5 rings (SSSR count). The van der Waals surface area contributed by atoms with Crippen molar-refractivity contribution in [3.63, 3.8) is 0 Å². The Kier molecular flexibility index (Phi) is 6.71. The fourth-order valence-corrected chi connectivity index (χ4v) is 5.78. The third-order valence-corrected chi connectivity index (χ3v) is 8.16. The van der Waals surface area contributed by atoms with Gasteiger partial charge >= 0.3 is 6.18 Å². The van der Waals surface area contributed by atoms with Crippen LogP contribution in [-0.2, 0) is 29.0 Å². The van der Waals surface area contributed by atoms with E-state index in [1.807, 2.05) is 11.0 Å². The first-order valence-electron chi connectivity index (χ1n) is 11.9. The van der Waals surface area contributed by atoms with Gasteiger partial charge in [0.2, 0.25) is 10.0 Å². The Bertz CT molecular complexity index is 1370. The van der Waals surface area contributed by atoms with E-state index in [4.69, 9.17) is 4.52 Å². The second-order valence-corrected chi connectivity index (χ2v) is 11.4. The molecule has 4 heterocycles. The Labute approximate surface area is 212 Å². The lowest BCUT2D eigenvalue weighted by Gasteiger charge is -2.32. The van der Waals surface area contributed by atoms with Crippen molar-refractivity contribution in [2.45, 2.75) is 38.1 Å². The van der Waals surface area contributed by atoms with Crippen molar-refractivity contribution >= 4 is 15.8 Å². The molecule has 1 atom stereocenters. The maximum atomic E-state index is 12.8. The van der Waals surface area contributed by atoms with Gasteiger partial charge in [-0.3, -0.25) is 0 Å². The van der Waals surface area contributed by atoms with Crippen molar-refractivity contribution in [2.75, 3.05) is 30.8 Å². The molecule has 0 amide bonds. The number of aliphatic hydroxyl groups is 1. The largest absolute Gasteiger partial charge is 0.417 e. The topological polar surface area (TPSA) is 113 Å². The number of rotatable bonds is 5. The fourth-order valence-electron chi connectivity index (χ4n) is 4.88. The average molecular weight is 538 g/mol. The van der Waals surface area contributed by atoms with Gasteiger partial charge in [0.1, 0.15) is 12.0 Å². The highest BCUT2D eigenvalue weighted by molar-refractivity contribution is 7.88. The SMILES string of the molecule is CS(=O)(=O)N1CCc2cc(-c3nc(CC4CCN(c5ccc(C(F)(F)F)cn5)CC4)no3)ccc2C1O. The van der Waals surface area contributed by atoms with Gasteiger partial charge in [-0.2, -0.15) is 22.5 Å². The zero-order valence-corrected chi connectivity index (χ0v) is 20.8. The van der Waals surface area contributed by atoms with E-state index in [1.54, 1.807) is 12.1 Å². The van der Waals surface area contributed by atoms with Gasteiger partial charge in [0, 0.05) is 37.8 Å². The van der Waals surface area contributed by atoms with Crippen LogP contribution in [0, 0.1) is 5.92 Å².